The third kappa shape index (κ3) is 3.69. The van der Waals surface area contributed by atoms with E-state index < -0.39 is 6.10 Å². The first kappa shape index (κ1) is 15.5. The summed E-state index contributed by atoms with van der Waals surface area (Å²) in [6, 6.07) is 7.71. The van der Waals surface area contributed by atoms with Gasteiger partial charge in [-0.1, -0.05) is 6.07 Å². The number of aliphatic hydroxyl groups is 1. The lowest BCUT2D eigenvalue weighted by atomic mass is 10.0. The number of benzene rings is 1. The lowest BCUT2D eigenvalue weighted by Crippen LogP contribution is -2.37. The Kier molecular flexibility index (Phi) is 5.81. The van der Waals surface area contributed by atoms with Crippen LogP contribution in [0.25, 0.3) is 0 Å². The first-order chi connectivity index (χ1) is 9.04. The molecular weight excluding hydrogens is 240 g/mol. The first-order valence-electron chi connectivity index (χ1n) is 6.52. The van der Waals surface area contributed by atoms with Crippen molar-refractivity contribution in [1.82, 2.24) is 0 Å². The Balaban J connectivity index is 3.23. The summed E-state index contributed by atoms with van der Waals surface area (Å²) in [5.74, 6) is 0. The highest BCUT2D eigenvalue weighted by atomic mass is 16.5. The van der Waals surface area contributed by atoms with Crippen molar-refractivity contribution in [2.45, 2.75) is 32.9 Å². The fraction of sp³-hybridized carbons (Fsp3) is 0.533. The standard InChI is InChI=1S/C15H22N2O2/c1-5-17(11(2)10-19-4)15-8-13(9-16)6-7-14(15)12(3)18/h6-8,11-12,18H,5,10H2,1-4H3/t11?,12-/m1/s1. The van der Waals surface area contributed by atoms with E-state index in [1.807, 2.05) is 12.1 Å². The van der Waals surface area contributed by atoms with E-state index in [0.29, 0.717) is 12.2 Å². The van der Waals surface area contributed by atoms with Crippen LogP contribution in [0.4, 0.5) is 5.69 Å². The van der Waals surface area contributed by atoms with Crippen molar-refractivity contribution in [3.05, 3.63) is 29.3 Å². The van der Waals surface area contributed by atoms with Crippen molar-refractivity contribution in [2.24, 2.45) is 0 Å². The summed E-state index contributed by atoms with van der Waals surface area (Å²) in [7, 11) is 1.67. The minimum Gasteiger partial charge on any atom is -0.389 e. The molecule has 0 radical (unpaired) electrons. The fourth-order valence-electron chi connectivity index (χ4n) is 2.27. The second-order valence-corrected chi connectivity index (χ2v) is 4.65. The Morgan fingerprint density at radius 3 is 2.58 bits per heavy atom. The fourth-order valence-corrected chi connectivity index (χ4v) is 2.27. The normalized spacial score (nSPS) is 13.7. The molecule has 0 bridgehead atoms. The number of aliphatic hydroxyl groups excluding tert-OH is 1. The monoisotopic (exact) mass is 262 g/mol. The number of ether oxygens (including phenoxy) is 1. The molecule has 0 spiro atoms. The van der Waals surface area contributed by atoms with E-state index in [2.05, 4.69) is 24.8 Å². The van der Waals surface area contributed by atoms with E-state index in [1.165, 1.54) is 0 Å². The largest absolute Gasteiger partial charge is 0.389 e. The van der Waals surface area contributed by atoms with E-state index in [1.54, 1.807) is 20.1 Å². The summed E-state index contributed by atoms with van der Waals surface area (Å²) in [4.78, 5) is 2.15. The highest BCUT2D eigenvalue weighted by molar-refractivity contribution is 5.59. The molecule has 1 aromatic carbocycles. The maximum absolute atomic E-state index is 9.88. The zero-order valence-electron chi connectivity index (χ0n) is 12.1. The van der Waals surface area contributed by atoms with Gasteiger partial charge in [0.2, 0.25) is 0 Å². The van der Waals surface area contributed by atoms with Crippen molar-refractivity contribution >= 4 is 5.69 Å². The molecular formula is C15H22N2O2. The summed E-state index contributed by atoms with van der Waals surface area (Å²) in [5.41, 5.74) is 2.34. The van der Waals surface area contributed by atoms with Gasteiger partial charge in [0.05, 0.1) is 24.3 Å². The molecule has 4 heteroatoms. The van der Waals surface area contributed by atoms with Gasteiger partial charge in [-0.25, -0.2) is 0 Å². The van der Waals surface area contributed by atoms with Crippen molar-refractivity contribution in [2.75, 3.05) is 25.2 Å². The molecule has 0 amide bonds. The highest BCUT2D eigenvalue weighted by Crippen LogP contribution is 2.29. The Labute approximate surface area is 115 Å². The van der Waals surface area contributed by atoms with Crippen molar-refractivity contribution in [1.29, 1.82) is 5.26 Å². The van der Waals surface area contributed by atoms with Crippen LogP contribution < -0.4 is 4.90 Å². The second-order valence-electron chi connectivity index (χ2n) is 4.65. The van der Waals surface area contributed by atoms with Gasteiger partial charge in [0.15, 0.2) is 0 Å². The van der Waals surface area contributed by atoms with Gasteiger partial charge >= 0.3 is 0 Å². The third-order valence-corrected chi connectivity index (χ3v) is 3.20. The van der Waals surface area contributed by atoms with Crippen molar-refractivity contribution in [3.63, 3.8) is 0 Å². The molecule has 0 saturated heterocycles. The van der Waals surface area contributed by atoms with E-state index in [-0.39, 0.29) is 6.04 Å². The lowest BCUT2D eigenvalue weighted by Gasteiger charge is -2.32. The summed E-state index contributed by atoms with van der Waals surface area (Å²) < 4.78 is 5.20. The topological polar surface area (TPSA) is 56.5 Å². The molecule has 4 nitrogen and oxygen atoms in total. The van der Waals surface area contributed by atoms with Crippen molar-refractivity contribution in [3.8, 4) is 6.07 Å². The number of likely N-dealkylation sites (N-methyl/N-ethyl adjacent to an activating group) is 1. The molecule has 104 valence electrons. The van der Waals surface area contributed by atoms with Gasteiger partial charge < -0.3 is 14.7 Å². The van der Waals surface area contributed by atoms with E-state index in [9.17, 15) is 5.11 Å². The molecule has 0 aliphatic carbocycles. The van der Waals surface area contributed by atoms with Gasteiger partial charge in [-0.2, -0.15) is 5.26 Å². The molecule has 0 fully saturated rings. The molecule has 1 unspecified atom stereocenters. The van der Waals surface area contributed by atoms with Crippen LogP contribution >= 0.6 is 0 Å². The predicted molar refractivity (Wildman–Crippen MR) is 76.1 cm³/mol. The zero-order valence-corrected chi connectivity index (χ0v) is 12.1. The summed E-state index contributed by atoms with van der Waals surface area (Å²) in [6.45, 7) is 7.25. The second kappa shape index (κ2) is 7.13. The van der Waals surface area contributed by atoms with Crippen LogP contribution in [-0.4, -0.2) is 31.4 Å². The molecule has 1 rings (SSSR count). The maximum Gasteiger partial charge on any atom is 0.0992 e. The van der Waals surface area contributed by atoms with Gasteiger partial charge in [-0.15, -0.1) is 0 Å². The van der Waals surface area contributed by atoms with Crippen LogP contribution in [0.15, 0.2) is 18.2 Å². The van der Waals surface area contributed by atoms with Gasteiger partial charge in [0.25, 0.3) is 0 Å². The Bertz CT molecular complexity index is 452. The number of hydrogen-bond acceptors (Lipinski definition) is 4. The number of rotatable bonds is 6. The Hall–Kier alpha value is -1.57. The number of nitrogens with zero attached hydrogens (tertiary/aromatic N) is 2. The van der Waals surface area contributed by atoms with Crippen LogP contribution in [0.1, 0.15) is 38.0 Å². The molecule has 1 aromatic rings. The molecule has 2 atom stereocenters. The van der Waals surface area contributed by atoms with E-state index >= 15 is 0 Å². The van der Waals surface area contributed by atoms with E-state index in [0.717, 1.165) is 17.8 Å². The van der Waals surface area contributed by atoms with Crippen molar-refractivity contribution < 1.29 is 9.84 Å². The maximum atomic E-state index is 9.88. The van der Waals surface area contributed by atoms with Crippen LogP contribution in [0, 0.1) is 11.3 Å². The first-order valence-corrected chi connectivity index (χ1v) is 6.52. The molecule has 0 aliphatic heterocycles. The summed E-state index contributed by atoms with van der Waals surface area (Å²) in [6.07, 6.45) is -0.563. The smallest absolute Gasteiger partial charge is 0.0992 e. The number of hydrogen-bond donors (Lipinski definition) is 1. The van der Waals surface area contributed by atoms with Gasteiger partial charge in [-0.05, 0) is 32.9 Å². The summed E-state index contributed by atoms with van der Waals surface area (Å²) in [5, 5.41) is 18.9. The predicted octanol–water partition coefficient (Wildman–Crippen LogP) is 2.47. The third-order valence-electron chi connectivity index (χ3n) is 3.20. The lowest BCUT2D eigenvalue weighted by molar-refractivity contribution is 0.180. The molecule has 19 heavy (non-hydrogen) atoms. The number of anilines is 1. The molecule has 1 N–H and O–H groups in total. The van der Waals surface area contributed by atoms with E-state index in [4.69, 9.17) is 10.00 Å². The molecule has 0 aliphatic rings. The highest BCUT2D eigenvalue weighted by Gasteiger charge is 2.18. The van der Waals surface area contributed by atoms with Crippen LogP contribution in [0.5, 0.6) is 0 Å². The summed E-state index contributed by atoms with van der Waals surface area (Å²) >= 11 is 0. The van der Waals surface area contributed by atoms with Gasteiger partial charge in [-0.3, -0.25) is 0 Å². The average Bonchev–Trinajstić information content (AvgIpc) is 2.39. The van der Waals surface area contributed by atoms with Crippen LogP contribution in [0.3, 0.4) is 0 Å². The van der Waals surface area contributed by atoms with Gasteiger partial charge in [0, 0.05) is 30.9 Å². The molecule has 0 saturated carbocycles. The SMILES string of the molecule is CCN(c1cc(C#N)ccc1[C@@H](C)O)C(C)COC. The average molecular weight is 262 g/mol. The minimum atomic E-state index is -0.563. The molecule has 0 heterocycles. The number of nitriles is 1. The van der Waals surface area contributed by atoms with Gasteiger partial charge in [0.1, 0.15) is 0 Å². The molecule has 0 aromatic heterocycles. The number of methoxy groups -OCH3 is 1. The Morgan fingerprint density at radius 2 is 2.11 bits per heavy atom. The minimum absolute atomic E-state index is 0.182. The zero-order chi connectivity index (χ0) is 14.4. The Morgan fingerprint density at radius 1 is 1.42 bits per heavy atom. The quantitative estimate of drug-likeness (QED) is 0.855. The van der Waals surface area contributed by atoms with Crippen LogP contribution in [-0.2, 0) is 4.74 Å². The van der Waals surface area contributed by atoms with Crippen LogP contribution in [0.2, 0.25) is 0 Å².